The van der Waals surface area contributed by atoms with Gasteiger partial charge in [0.05, 0.1) is 11.9 Å². The molecule has 0 spiro atoms. The summed E-state index contributed by atoms with van der Waals surface area (Å²) in [5.41, 5.74) is 1.93. The second kappa shape index (κ2) is 7.11. The number of H-pyrrole nitrogens is 1. The Bertz CT molecular complexity index is 887. The minimum Gasteiger partial charge on any atom is -0.444 e. The molecule has 0 radical (unpaired) electrons. The van der Waals surface area contributed by atoms with Crippen LogP contribution in [0.2, 0.25) is 0 Å². The third-order valence-electron chi connectivity index (χ3n) is 5.26. The van der Waals surface area contributed by atoms with Crippen LogP contribution in [0.4, 0.5) is 10.5 Å². The zero-order chi connectivity index (χ0) is 19.9. The molecule has 2 aromatic heterocycles. The van der Waals surface area contributed by atoms with Crippen molar-refractivity contribution >= 4 is 28.6 Å². The van der Waals surface area contributed by atoms with E-state index in [2.05, 4.69) is 15.3 Å². The topological polar surface area (TPSA) is 87.3 Å². The number of amides is 1. The highest BCUT2D eigenvalue weighted by Gasteiger charge is 2.32. The first-order chi connectivity index (χ1) is 13.3. The Morgan fingerprint density at radius 1 is 1.21 bits per heavy atom. The third-order valence-corrected chi connectivity index (χ3v) is 5.26. The smallest absolute Gasteiger partial charge is 0.410 e. The quantitative estimate of drug-likeness (QED) is 0.779. The second-order valence-electron chi connectivity index (χ2n) is 8.85. The molecule has 1 aliphatic heterocycles. The molecule has 0 atom stereocenters. The van der Waals surface area contributed by atoms with E-state index >= 15 is 0 Å². The number of anilines is 1. The third kappa shape index (κ3) is 4.13. The number of ketones is 1. The van der Waals surface area contributed by atoms with E-state index in [1.165, 1.54) is 0 Å². The Balaban J connectivity index is 1.38. The number of hydrogen-bond acceptors (Lipinski definition) is 5. The van der Waals surface area contributed by atoms with Crippen LogP contribution in [-0.2, 0) is 4.74 Å². The van der Waals surface area contributed by atoms with E-state index in [1.54, 1.807) is 17.3 Å². The van der Waals surface area contributed by atoms with Gasteiger partial charge in [-0.1, -0.05) is 0 Å². The van der Waals surface area contributed by atoms with Crippen molar-refractivity contribution in [3.63, 3.8) is 0 Å². The van der Waals surface area contributed by atoms with Crippen LogP contribution >= 0.6 is 0 Å². The molecule has 0 unspecified atom stereocenters. The maximum atomic E-state index is 12.5. The predicted octanol–water partition coefficient (Wildman–Crippen LogP) is 3.97. The van der Waals surface area contributed by atoms with Crippen molar-refractivity contribution in [2.45, 2.75) is 58.1 Å². The fourth-order valence-electron chi connectivity index (χ4n) is 3.62. The first kappa shape index (κ1) is 18.8. The molecule has 28 heavy (non-hydrogen) atoms. The molecule has 1 aliphatic carbocycles. The number of fused-ring (bicyclic) bond motifs is 1. The predicted molar refractivity (Wildman–Crippen MR) is 108 cm³/mol. The number of hydrogen-bond donors (Lipinski definition) is 2. The van der Waals surface area contributed by atoms with E-state index in [0.29, 0.717) is 13.1 Å². The van der Waals surface area contributed by atoms with Gasteiger partial charge in [0.2, 0.25) is 0 Å². The number of aromatic nitrogens is 2. The number of nitrogens with zero attached hydrogens (tertiary/aromatic N) is 2. The minimum atomic E-state index is -0.473. The number of carbonyl (C=O) groups excluding carboxylic acids is 2. The number of pyridine rings is 1. The van der Waals surface area contributed by atoms with E-state index in [1.807, 2.05) is 26.8 Å². The first-order valence-electron chi connectivity index (χ1n) is 10.1. The summed E-state index contributed by atoms with van der Waals surface area (Å²) in [7, 11) is 0. The molecule has 1 amide bonds. The van der Waals surface area contributed by atoms with Gasteiger partial charge in [-0.2, -0.15) is 0 Å². The fraction of sp³-hybridized carbons (Fsp3) is 0.571. The molecule has 0 aromatic carbocycles. The van der Waals surface area contributed by atoms with Gasteiger partial charge < -0.3 is 19.9 Å². The standard InChI is InChI=1S/C21H28N4O3/c1-21(2,3)28-20(27)25-8-6-14(7-9-25)24-15-10-16-17(18(26)13-4-5-13)12-23-19(16)22-11-15/h10-14,24H,4-9H2,1-3H3,(H,22,23). The van der Waals surface area contributed by atoms with Crippen molar-refractivity contribution in [3.05, 3.63) is 24.0 Å². The van der Waals surface area contributed by atoms with Crippen molar-refractivity contribution < 1.29 is 14.3 Å². The normalized spacial score (nSPS) is 18.3. The van der Waals surface area contributed by atoms with Crippen LogP contribution < -0.4 is 5.32 Å². The summed E-state index contributed by atoms with van der Waals surface area (Å²) in [5.74, 6) is 0.406. The molecule has 0 bridgehead atoms. The Morgan fingerprint density at radius 2 is 1.93 bits per heavy atom. The lowest BCUT2D eigenvalue weighted by atomic mass is 10.0. The lowest BCUT2D eigenvalue weighted by Gasteiger charge is -2.34. The molecule has 7 heteroatoms. The van der Waals surface area contributed by atoms with Crippen LogP contribution in [0.1, 0.15) is 56.8 Å². The summed E-state index contributed by atoms with van der Waals surface area (Å²) in [6.45, 7) is 6.97. The summed E-state index contributed by atoms with van der Waals surface area (Å²) in [6.07, 6.45) is 7.01. The van der Waals surface area contributed by atoms with Crippen LogP contribution in [-0.4, -0.2) is 51.5 Å². The van der Waals surface area contributed by atoms with Crippen LogP contribution in [0, 0.1) is 5.92 Å². The van der Waals surface area contributed by atoms with Gasteiger partial charge in [-0.15, -0.1) is 0 Å². The maximum Gasteiger partial charge on any atom is 0.410 e. The van der Waals surface area contributed by atoms with E-state index in [4.69, 9.17) is 4.74 Å². The monoisotopic (exact) mass is 384 g/mol. The van der Waals surface area contributed by atoms with Crippen molar-refractivity contribution in [2.75, 3.05) is 18.4 Å². The van der Waals surface area contributed by atoms with Gasteiger partial charge in [0.25, 0.3) is 0 Å². The van der Waals surface area contributed by atoms with Crippen molar-refractivity contribution in [1.29, 1.82) is 0 Å². The van der Waals surface area contributed by atoms with Gasteiger partial charge in [0.1, 0.15) is 11.2 Å². The highest BCUT2D eigenvalue weighted by atomic mass is 16.6. The van der Waals surface area contributed by atoms with E-state index < -0.39 is 5.60 Å². The highest BCUT2D eigenvalue weighted by Crippen LogP contribution is 2.35. The number of Topliss-reactive ketones (excluding diaryl/α,β-unsaturated/α-hetero) is 1. The SMILES string of the molecule is CC(C)(C)OC(=O)N1CCC(Nc2cnc3[nH]cc(C(=O)C4CC4)c3c2)CC1. The average Bonchev–Trinajstić information content (AvgIpc) is 3.40. The Kier molecular flexibility index (Phi) is 4.77. The molecule has 2 N–H and O–H groups in total. The zero-order valence-electron chi connectivity index (χ0n) is 16.7. The summed E-state index contributed by atoms with van der Waals surface area (Å²) in [5, 5.41) is 4.40. The van der Waals surface area contributed by atoms with Crippen molar-refractivity contribution in [1.82, 2.24) is 14.9 Å². The Hall–Kier alpha value is -2.57. The largest absolute Gasteiger partial charge is 0.444 e. The van der Waals surface area contributed by atoms with Gasteiger partial charge in [0.15, 0.2) is 5.78 Å². The second-order valence-corrected chi connectivity index (χ2v) is 8.85. The number of likely N-dealkylation sites (tertiary alicyclic amines) is 1. The molecule has 1 saturated heterocycles. The van der Waals surface area contributed by atoms with Gasteiger partial charge >= 0.3 is 6.09 Å². The number of carbonyl (C=O) groups is 2. The lowest BCUT2D eigenvalue weighted by Crippen LogP contribution is -2.44. The maximum absolute atomic E-state index is 12.5. The molecule has 3 heterocycles. The highest BCUT2D eigenvalue weighted by molar-refractivity contribution is 6.09. The summed E-state index contributed by atoms with van der Waals surface area (Å²) < 4.78 is 5.45. The molecule has 7 nitrogen and oxygen atoms in total. The molecule has 2 fully saturated rings. The summed E-state index contributed by atoms with van der Waals surface area (Å²) in [4.78, 5) is 34.0. The average molecular weight is 384 g/mol. The van der Waals surface area contributed by atoms with Crippen LogP contribution in [0.5, 0.6) is 0 Å². The van der Waals surface area contributed by atoms with Crippen LogP contribution in [0.15, 0.2) is 18.5 Å². The first-order valence-corrected chi connectivity index (χ1v) is 10.1. The number of nitrogens with one attached hydrogen (secondary N) is 2. The van der Waals surface area contributed by atoms with E-state index in [-0.39, 0.29) is 23.8 Å². The van der Waals surface area contributed by atoms with Gasteiger partial charge in [0, 0.05) is 42.2 Å². The van der Waals surface area contributed by atoms with Crippen LogP contribution in [0.3, 0.4) is 0 Å². The van der Waals surface area contributed by atoms with E-state index in [0.717, 1.165) is 48.0 Å². The molecule has 150 valence electrons. The number of aromatic amines is 1. The van der Waals surface area contributed by atoms with Crippen molar-refractivity contribution in [3.8, 4) is 0 Å². The fourth-order valence-corrected chi connectivity index (χ4v) is 3.62. The minimum absolute atomic E-state index is 0.188. The lowest BCUT2D eigenvalue weighted by molar-refractivity contribution is 0.0210. The Morgan fingerprint density at radius 3 is 2.57 bits per heavy atom. The summed E-state index contributed by atoms with van der Waals surface area (Å²) >= 11 is 0. The number of ether oxygens (including phenoxy) is 1. The number of rotatable bonds is 4. The van der Waals surface area contributed by atoms with E-state index in [9.17, 15) is 9.59 Å². The Labute approximate surface area is 164 Å². The molecular weight excluding hydrogens is 356 g/mol. The molecule has 2 aromatic rings. The zero-order valence-corrected chi connectivity index (χ0v) is 16.7. The van der Waals surface area contributed by atoms with Crippen LogP contribution in [0.25, 0.3) is 11.0 Å². The van der Waals surface area contributed by atoms with Crippen molar-refractivity contribution in [2.24, 2.45) is 5.92 Å². The molecule has 2 aliphatic rings. The molecule has 1 saturated carbocycles. The van der Waals surface area contributed by atoms with Gasteiger partial charge in [-0.05, 0) is 52.5 Å². The molecular formula is C21H28N4O3. The van der Waals surface area contributed by atoms with Gasteiger partial charge in [-0.3, -0.25) is 4.79 Å². The number of piperidine rings is 1. The summed E-state index contributed by atoms with van der Waals surface area (Å²) in [6, 6.07) is 2.27. The van der Waals surface area contributed by atoms with Gasteiger partial charge in [-0.25, -0.2) is 9.78 Å². The molecule has 4 rings (SSSR count).